The molecule has 3 aliphatic heterocycles. The molecule has 34 heavy (non-hydrogen) atoms. The first-order valence-corrected chi connectivity index (χ1v) is 11.9. The molecule has 1 atom stereocenters. The van der Waals surface area contributed by atoms with Crippen molar-refractivity contribution >= 4 is 22.8 Å². The Bertz CT molecular complexity index is 1200. The van der Waals surface area contributed by atoms with Crippen LogP contribution < -0.4 is 5.32 Å². The lowest BCUT2D eigenvalue weighted by Gasteiger charge is -2.44. The SMILES string of the molecule is COCCN(C)C(=O)c1cccc(-c2cccc3cc(C(=O)N[C@@H]4CN5CCC4CC5)oc23)c1. The van der Waals surface area contributed by atoms with E-state index in [9.17, 15) is 9.59 Å². The van der Waals surface area contributed by atoms with Gasteiger partial charge in [0.1, 0.15) is 5.58 Å². The van der Waals surface area contributed by atoms with Crippen molar-refractivity contribution in [3.63, 3.8) is 0 Å². The van der Waals surface area contributed by atoms with Crippen LogP contribution in [0.15, 0.2) is 52.9 Å². The maximum Gasteiger partial charge on any atom is 0.287 e. The number of carbonyl (C=O) groups is 2. The number of ether oxygens (including phenoxy) is 1. The third-order valence-electron chi connectivity index (χ3n) is 7.14. The Labute approximate surface area is 199 Å². The lowest BCUT2D eigenvalue weighted by Crippen LogP contribution is -2.57. The van der Waals surface area contributed by atoms with Crippen molar-refractivity contribution < 1.29 is 18.7 Å². The number of nitrogens with zero attached hydrogens (tertiary/aromatic N) is 2. The van der Waals surface area contributed by atoms with Gasteiger partial charge < -0.3 is 24.3 Å². The summed E-state index contributed by atoms with van der Waals surface area (Å²) in [5.74, 6) is 0.648. The Morgan fingerprint density at radius 1 is 1.15 bits per heavy atom. The van der Waals surface area contributed by atoms with E-state index in [1.54, 1.807) is 19.1 Å². The summed E-state index contributed by atoms with van der Waals surface area (Å²) in [5.41, 5.74) is 2.97. The van der Waals surface area contributed by atoms with E-state index in [4.69, 9.17) is 9.15 Å². The molecule has 7 heteroatoms. The predicted molar refractivity (Wildman–Crippen MR) is 131 cm³/mol. The summed E-state index contributed by atoms with van der Waals surface area (Å²) < 4.78 is 11.2. The van der Waals surface area contributed by atoms with E-state index in [0.717, 1.165) is 49.0 Å². The fourth-order valence-corrected chi connectivity index (χ4v) is 5.14. The summed E-state index contributed by atoms with van der Waals surface area (Å²) in [5, 5.41) is 4.07. The number of nitrogens with one attached hydrogen (secondary N) is 1. The van der Waals surface area contributed by atoms with E-state index in [1.165, 1.54) is 0 Å². The average molecular weight is 462 g/mol. The van der Waals surface area contributed by atoms with Crippen LogP contribution in [0.25, 0.3) is 22.1 Å². The van der Waals surface area contributed by atoms with E-state index in [2.05, 4.69) is 10.2 Å². The van der Waals surface area contributed by atoms with E-state index in [1.807, 2.05) is 48.5 Å². The zero-order valence-corrected chi connectivity index (χ0v) is 19.8. The number of carbonyl (C=O) groups excluding carboxylic acids is 2. The molecule has 4 heterocycles. The number of furan rings is 1. The second kappa shape index (κ2) is 9.60. The third-order valence-corrected chi connectivity index (χ3v) is 7.14. The fourth-order valence-electron chi connectivity index (χ4n) is 5.14. The third kappa shape index (κ3) is 4.45. The molecule has 178 valence electrons. The molecule has 0 saturated carbocycles. The molecule has 0 unspecified atom stereocenters. The van der Waals surface area contributed by atoms with E-state index >= 15 is 0 Å². The molecular weight excluding hydrogens is 430 g/mol. The molecule has 1 N–H and O–H groups in total. The van der Waals surface area contributed by atoms with Crippen LogP contribution in [0.4, 0.5) is 0 Å². The van der Waals surface area contributed by atoms with Crippen LogP contribution in [0.1, 0.15) is 33.8 Å². The van der Waals surface area contributed by atoms with Crippen LogP contribution in [0.3, 0.4) is 0 Å². The molecule has 0 radical (unpaired) electrons. The Morgan fingerprint density at radius 2 is 1.94 bits per heavy atom. The highest BCUT2D eigenvalue weighted by atomic mass is 16.5. The minimum atomic E-state index is -0.162. The van der Waals surface area contributed by atoms with Crippen LogP contribution >= 0.6 is 0 Å². The molecule has 2 bridgehead atoms. The van der Waals surface area contributed by atoms with Gasteiger partial charge in [0.05, 0.1) is 6.61 Å². The van der Waals surface area contributed by atoms with Gasteiger partial charge in [-0.3, -0.25) is 9.59 Å². The van der Waals surface area contributed by atoms with Crippen molar-refractivity contribution in [2.45, 2.75) is 18.9 Å². The van der Waals surface area contributed by atoms with Gasteiger partial charge in [0.25, 0.3) is 11.8 Å². The molecule has 1 aromatic heterocycles. The molecule has 2 amide bonds. The summed E-state index contributed by atoms with van der Waals surface area (Å²) in [6, 6.07) is 15.3. The van der Waals surface area contributed by atoms with Crippen molar-refractivity contribution in [2.24, 2.45) is 5.92 Å². The number of piperidine rings is 3. The summed E-state index contributed by atoms with van der Waals surface area (Å²) in [7, 11) is 3.38. The maximum atomic E-state index is 13.0. The first-order chi connectivity index (χ1) is 16.5. The Kier molecular flexibility index (Phi) is 6.39. The number of hydrogen-bond donors (Lipinski definition) is 1. The van der Waals surface area contributed by atoms with Crippen molar-refractivity contribution in [1.82, 2.24) is 15.1 Å². The molecule has 0 aliphatic carbocycles. The molecule has 0 spiro atoms. The van der Waals surface area contributed by atoms with Gasteiger partial charge in [-0.25, -0.2) is 0 Å². The van der Waals surface area contributed by atoms with Gasteiger partial charge in [-0.15, -0.1) is 0 Å². The summed E-state index contributed by atoms with van der Waals surface area (Å²) in [6.07, 6.45) is 2.29. The first kappa shape index (κ1) is 22.6. The van der Waals surface area contributed by atoms with Gasteiger partial charge in [-0.2, -0.15) is 0 Å². The second-order valence-corrected chi connectivity index (χ2v) is 9.35. The van der Waals surface area contributed by atoms with Gasteiger partial charge >= 0.3 is 0 Å². The van der Waals surface area contributed by atoms with E-state index in [0.29, 0.717) is 36.0 Å². The molecule has 3 aromatic rings. The van der Waals surface area contributed by atoms with Gasteiger partial charge in [0, 0.05) is 49.8 Å². The summed E-state index contributed by atoms with van der Waals surface area (Å²) in [6.45, 7) is 4.19. The Morgan fingerprint density at radius 3 is 2.68 bits per heavy atom. The molecule has 7 nitrogen and oxygen atoms in total. The van der Waals surface area contributed by atoms with E-state index in [-0.39, 0.29) is 17.9 Å². The topological polar surface area (TPSA) is 75.0 Å². The van der Waals surface area contributed by atoms with Crippen LogP contribution in [0.2, 0.25) is 0 Å². The lowest BCUT2D eigenvalue weighted by molar-refractivity contribution is 0.0607. The Hall–Kier alpha value is -3.16. The van der Waals surface area contributed by atoms with Gasteiger partial charge in [0.2, 0.25) is 0 Å². The van der Waals surface area contributed by atoms with Gasteiger partial charge in [-0.1, -0.05) is 30.3 Å². The highest BCUT2D eigenvalue weighted by molar-refractivity contribution is 6.01. The van der Waals surface area contributed by atoms with Crippen LogP contribution in [-0.2, 0) is 4.74 Å². The minimum Gasteiger partial charge on any atom is -0.450 e. The molecule has 6 rings (SSSR count). The van der Waals surface area contributed by atoms with Crippen molar-refractivity contribution in [3.8, 4) is 11.1 Å². The number of para-hydroxylation sites is 1. The standard InChI is InChI=1S/C27H31N3O4/c1-29(13-14-33-2)27(32)21-7-3-5-19(15-21)22-8-4-6-20-16-24(34-25(20)22)26(31)28-23-17-30-11-9-18(23)10-12-30/h3-8,15-16,18,23H,9-14,17H2,1-2H3,(H,28,31)/t23-/m1/s1. The summed E-state index contributed by atoms with van der Waals surface area (Å²) in [4.78, 5) is 29.9. The van der Waals surface area contributed by atoms with Crippen LogP contribution in [0, 0.1) is 5.92 Å². The smallest absolute Gasteiger partial charge is 0.287 e. The van der Waals surface area contributed by atoms with Gasteiger partial charge in [-0.05, 0) is 55.6 Å². The van der Waals surface area contributed by atoms with Crippen molar-refractivity contribution in [2.75, 3.05) is 46.9 Å². The van der Waals surface area contributed by atoms with Crippen LogP contribution in [0.5, 0.6) is 0 Å². The van der Waals surface area contributed by atoms with E-state index < -0.39 is 0 Å². The normalized spacial score (nSPS) is 21.5. The molecule has 2 aromatic carbocycles. The highest BCUT2D eigenvalue weighted by Crippen LogP contribution is 2.32. The number of likely N-dealkylation sites (N-methyl/N-ethyl adjacent to an activating group) is 1. The number of methoxy groups -OCH3 is 1. The zero-order chi connectivity index (χ0) is 23.7. The predicted octanol–water partition coefficient (Wildman–Crippen LogP) is 3.64. The van der Waals surface area contributed by atoms with Crippen LogP contribution in [-0.4, -0.2) is 74.6 Å². The zero-order valence-electron chi connectivity index (χ0n) is 19.8. The average Bonchev–Trinajstić information content (AvgIpc) is 3.32. The molecule has 3 saturated heterocycles. The largest absolute Gasteiger partial charge is 0.450 e. The number of amides is 2. The fraction of sp³-hybridized carbons (Fsp3) is 0.407. The number of hydrogen-bond acceptors (Lipinski definition) is 5. The highest BCUT2D eigenvalue weighted by Gasteiger charge is 2.35. The Balaban J connectivity index is 1.39. The van der Waals surface area contributed by atoms with Crippen molar-refractivity contribution in [1.29, 1.82) is 0 Å². The number of fused-ring (bicyclic) bond motifs is 4. The minimum absolute atomic E-state index is 0.0666. The second-order valence-electron chi connectivity index (χ2n) is 9.35. The number of rotatable bonds is 7. The monoisotopic (exact) mass is 461 g/mol. The molecule has 3 aliphatic rings. The maximum absolute atomic E-state index is 13.0. The molecule has 3 fully saturated rings. The van der Waals surface area contributed by atoms with Crippen molar-refractivity contribution in [3.05, 3.63) is 59.9 Å². The number of benzene rings is 2. The quantitative estimate of drug-likeness (QED) is 0.582. The first-order valence-electron chi connectivity index (χ1n) is 11.9. The lowest BCUT2D eigenvalue weighted by atomic mass is 9.84. The molecular formula is C27H31N3O4. The summed E-state index contributed by atoms with van der Waals surface area (Å²) >= 11 is 0. The van der Waals surface area contributed by atoms with Gasteiger partial charge in [0.15, 0.2) is 5.76 Å².